The summed E-state index contributed by atoms with van der Waals surface area (Å²) in [7, 11) is 0. The predicted octanol–water partition coefficient (Wildman–Crippen LogP) is 10.9. The van der Waals surface area contributed by atoms with Crippen LogP contribution in [0.2, 0.25) is 0 Å². The lowest BCUT2D eigenvalue weighted by Crippen LogP contribution is -2.44. The lowest BCUT2D eigenvalue weighted by Gasteiger charge is -2.54. The summed E-state index contributed by atoms with van der Waals surface area (Å²) >= 11 is 0. The van der Waals surface area contributed by atoms with Crippen LogP contribution in [0.25, 0.3) is 11.1 Å². The molecule has 0 radical (unpaired) electrons. The van der Waals surface area contributed by atoms with Crippen LogP contribution in [0.3, 0.4) is 0 Å². The van der Waals surface area contributed by atoms with E-state index in [1.807, 2.05) is 6.92 Å². The van der Waals surface area contributed by atoms with E-state index in [0.717, 1.165) is 24.8 Å². The fraction of sp³-hybridized carbons (Fsp3) is 0.636. The Morgan fingerprint density at radius 3 is 1.86 bits per heavy atom. The molecule has 35 heavy (non-hydrogen) atoms. The summed E-state index contributed by atoms with van der Waals surface area (Å²) in [5.74, 6) is -0.886. The highest BCUT2D eigenvalue weighted by molar-refractivity contribution is 5.65. The molecule has 0 aliphatic heterocycles. The van der Waals surface area contributed by atoms with Gasteiger partial charge in [0.1, 0.15) is 11.6 Å². The van der Waals surface area contributed by atoms with Crippen molar-refractivity contribution in [2.45, 2.75) is 128 Å². The maximum atomic E-state index is 15.0. The van der Waals surface area contributed by atoms with Gasteiger partial charge in [0.05, 0.1) is 0 Å². The highest BCUT2D eigenvalue weighted by Crippen LogP contribution is 2.59. The Morgan fingerprint density at radius 2 is 1.29 bits per heavy atom. The van der Waals surface area contributed by atoms with Crippen molar-refractivity contribution in [2.24, 2.45) is 5.41 Å². The van der Waals surface area contributed by atoms with Gasteiger partial charge in [0, 0.05) is 5.56 Å². The van der Waals surface area contributed by atoms with Crippen LogP contribution >= 0.6 is 0 Å². The molecule has 5 rings (SSSR count). The van der Waals surface area contributed by atoms with E-state index in [1.54, 1.807) is 12.1 Å². The molecule has 3 aliphatic rings. The Hall–Kier alpha value is -1.70. The van der Waals surface area contributed by atoms with Gasteiger partial charge in [0.15, 0.2) is 0 Å². The first-order valence-electron chi connectivity index (χ1n) is 14.5. The van der Waals surface area contributed by atoms with Crippen molar-refractivity contribution in [3.05, 3.63) is 59.2 Å². The molecule has 0 saturated heterocycles. The molecule has 1 unspecified atom stereocenters. The van der Waals surface area contributed by atoms with Crippen LogP contribution in [-0.2, 0) is 5.41 Å². The Kier molecular flexibility index (Phi) is 8.71. The first kappa shape index (κ1) is 26.4. The van der Waals surface area contributed by atoms with Crippen molar-refractivity contribution in [1.82, 2.24) is 0 Å². The minimum absolute atomic E-state index is 0.0888. The van der Waals surface area contributed by atoms with Gasteiger partial charge in [-0.1, -0.05) is 90.0 Å². The number of unbranched alkanes of at least 4 members (excludes halogenated alkanes) is 5. The van der Waals surface area contributed by atoms with Crippen molar-refractivity contribution in [1.29, 1.82) is 0 Å². The number of rotatable bonds is 12. The first-order valence-corrected chi connectivity index (χ1v) is 14.5. The smallest absolute Gasteiger partial charge is 0.130 e. The number of hydrogen-bond donors (Lipinski definition) is 0. The van der Waals surface area contributed by atoms with Crippen LogP contribution in [-0.4, -0.2) is 0 Å². The number of hydrogen-bond acceptors (Lipinski definition) is 0. The van der Waals surface area contributed by atoms with Crippen LogP contribution < -0.4 is 0 Å². The molecule has 2 bridgehead atoms. The second-order valence-corrected chi connectivity index (χ2v) is 11.9. The Bertz CT molecular complexity index is 910. The van der Waals surface area contributed by atoms with Gasteiger partial charge >= 0.3 is 0 Å². The van der Waals surface area contributed by atoms with Gasteiger partial charge in [0.2, 0.25) is 0 Å². The van der Waals surface area contributed by atoms with Gasteiger partial charge in [-0.3, -0.25) is 0 Å². The Morgan fingerprint density at radius 1 is 0.714 bits per heavy atom. The van der Waals surface area contributed by atoms with E-state index in [4.69, 9.17) is 0 Å². The minimum atomic E-state index is -0.398. The van der Waals surface area contributed by atoms with Crippen LogP contribution in [0, 0.1) is 17.0 Å². The lowest BCUT2D eigenvalue weighted by atomic mass is 9.51. The van der Waals surface area contributed by atoms with Gasteiger partial charge < -0.3 is 0 Å². The van der Waals surface area contributed by atoms with Crippen molar-refractivity contribution >= 4 is 0 Å². The molecule has 192 valence electrons. The van der Waals surface area contributed by atoms with Gasteiger partial charge in [-0.2, -0.15) is 0 Å². The number of fused-ring (bicyclic) bond motifs is 3. The predicted molar refractivity (Wildman–Crippen MR) is 145 cm³/mol. The molecule has 0 spiro atoms. The molecule has 0 heterocycles. The van der Waals surface area contributed by atoms with E-state index in [0.29, 0.717) is 16.4 Å². The van der Waals surface area contributed by atoms with Crippen molar-refractivity contribution in [2.75, 3.05) is 0 Å². The van der Waals surface area contributed by atoms with E-state index >= 15 is 8.78 Å². The highest BCUT2D eigenvalue weighted by atomic mass is 19.1. The lowest BCUT2D eigenvalue weighted by molar-refractivity contribution is 0.0305. The van der Waals surface area contributed by atoms with Crippen LogP contribution in [0.4, 0.5) is 8.78 Å². The van der Waals surface area contributed by atoms with E-state index < -0.39 is 11.6 Å². The fourth-order valence-electron chi connectivity index (χ4n) is 7.08. The summed E-state index contributed by atoms with van der Waals surface area (Å²) in [5.41, 5.74) is 4.17. The minimum Gasteiger partial charge on any atom is -0.207 e. The third-order valence-corrected chi connectivity index (χ3v) is 9.61. The maximum Gasteiger partial charge on any atom is 0.130 e. The highest BCUT2D eigenvalue weighted by Gasteiger charge is 2.48. The quantitative estimate of drug-likeness (QED) is 0.265. The maximum absolute atomic E-state index is 15.0. The average molecular weight is 481 g/mol. The normalized spacial score (nSPS) is 24.6. The summed E-state index contributed by atoms with van der Waals surface area (Å²) in [5, 5.41) is 0. The molecule has 0 N–H and O–H groups in total. The monoisotopic (exact) mass is 480 g/mol. The molecule has 2 aromatic carbocycles. The third-order valence-electron chi connectivity index (χ3n) is 9.61. The molecule has 0 nitrogen and oxygen atoms in total. The zero-order chi connectivity index (χ0) is 24.9. The molecular formula is C33H46F2. The SMILES string of the molecule is CCCCCCC(C)c1c(F)cc(-c2ccc(C34CCC(CCCCC)(CC3)CC4)cc2)cc1F. The third kappa shape index (κ3) is 5.83. The van der Waals surface area contributed by atoms with Crippen molar-refractivity contribution in [3.8, 4) is 11.1 Å². The summed E-state index contributed by atoms with van der Waals surface area (Å²) in [4.78, 5) is 0. The largest absolute Gasteiger partial charge is 0.207 e. The molecular weight excluding hydrogens is 434 g/mol. The Balaban J connectivity index is 1.43. The first-order chi connectivity index (χ1) is 16.9. The van der Waals surface area contributed by atoms with Gasteiger partial charge in [-0.15, -0.1) is 0 Å². The van der Waals surface area contributed by atoms with Crippen molar-refractivity contribution < 1.29 is 8.78 Å². The molecule has 0 amide bonds. The van der Waals surface area contributed by atoms with Crippen LogP contribution in [0.1, 0.15) is 134 Å². The molecule has 2 aromatic rings. The van der Waals surface area contributed by atoms with Crippen LogP contribution in [0.5, 0.6) is 0 Å². The summed E-state index contributed by atoms with van der Waals surface area (Å²) in [6.45, 7) is 6.42. The molecule has 3 aliphatic carbocycles. The summed E-state index contributed by atoms with van der Waals surface area (Å²) in [6, 6.07) is 11.7. The van der Waals surface area contributed by atoms with Gasteiger partial charge in [0.25, 0.3) is 0 Å². The van der Waals surface area contributed by atoms with E-state index in [1.165, 1.54) is 82.6 Å². The van der Waals surface area contributed by atoms with E-state index in [9.17, 15) is 0 Å². The zero-order valence-corrected chi connectivity index (χ0v) is 22.4. The zero-order valence-electron chi connectivity index (χ0n) is 22.4. The standard InChI is InChI=1S/C33H46F2/c1-4-6-8-9-11-25(3)31-29(34)23-27(24-30(31)35)26-12-14-28(15-13-26)33-20-17-32(18-21-33,19-22-33)16-10-7-5-2/h12-15,23-25H,4-11,16-22H2,1-3H3. The summed E-state index contributed by atoms with van der Waals surface area (Å²) in [6.07, 6.45) is 18.8. The number of halogens is 2. The Labute approximate surface area is 212 Å². The molecule has 3 fully saturated rings. The van der Waals surface area contributed by atoms with Crippen LogP contribution in [0.15, 0.2) is 36.4 Å². The second-order valence-electron chi connectivity index (χ2n) is 11.9. The number of benzene rings is 2. The van der Waals surface area contributed by atoms with E-state index in [-0.39, 0.29) is 11.5 Å². The average Bonchev–Trinajstić information content (AvgIpc) is 2.87. The topological polar surface area (TPSA) is 0 Å². The van der Waals surface area contributed by atoms with Crippen molar-refractivity contribution in [3.63, 3.8) is 0 Å². The second kappa shape index (κ2) is 11.6. The molecule has 3 saturated carbocycles. The molecule has 1 atom stereocenters. The summed E-state index contributed by atoms with van der Waals surface area (Å²) < 4.78 is 30.0. The fourth-order valence-corrected chi connectivity index (χ4v) is 7.08. The molecule has 0 aromatic heterocycles. The molecule has 2 heteroatoms. The van der Waals surface area contributed by atoms with Gasteiger partial charge in [-0.05, 0) is 96.9 Å². The van der Waals surface area contributed by atoms with Gasteiger partial charge in [-0.25, -0.2) is 8.78 Å². The van der Waals surface area contributed by atoms with E-state index in [2.05, 4.69) is 38.1 Å².